The molecule has 0 spiro atoms. The Labute approximate surface area is 122 Å². The van der Waals surface area contributed by atoms with Crippen LogP contribution in [-0.2, 0) is 0 Å². The second-order valence-electron chi connectivity index (χ2n) is 4.38. The average Bonchev–Trinajstić information content (AvgIpc) is 2.48. The van der Waals surface area contributed by atoms with Crippen LogP contribution in [0.1, 0.15) is 28.5 Å². The number of aromatic nitrogens is 2. The van der Waals surface area contributed by atoms with Crippen molar-refractivity contribution in [3.05, 3.63) is 47.4 Å². The third kappa shape index (κ3) is 3.34. The Hall–Kier alpha value is -2.94. The average molecular weight is 281 g/mol. The number of nitrogens with zero attached hydrogens (tertiary/aromatic N) is 3. The minimum Gasteiger partial charge on any atom is -0.369 e. The number of carbonyl (C=O) groups excluding carboxylic acids is 1. The number of carbonyl (C=O) groups is 1. The molecule has 21 heavy (non-hydrogen) atoms. The van der Waals surface area contributed by atoms with Gasteiger partial charge < -0.3 is 10.6 Å². The zero-order valence-corrected chi connectivity index (χ0v) is 11.8. The van der Waals surface area contributed by atoms with Crippen LogP contribution < -0.4 is 10.6 Å². The van der Waals surface area contributed by atoms with Gasteiger partial charge in [-0.3, -0.25) is 9.78 Å². The molecule has 106 valence electrons. The Kier molecular flexibility index (Phi) is 4.46. The van der Waals surface area contributed by atoms with Crippen molar-refractivity contribution in [2.75, 3.05) is 17.2 Å². The Morgan fingerprint density at radius 1 is 1.38 bits per heavy atom. The van der Waals surface area contributed by atoms with Gasteiger partial charge in [-0.15, -0.1) is 0 Å². The van der Waals surface area contributed by atoms with Crippen LogP contribution >= 0.6 is 0 Å². The van der Waals surface area contributed by atoms with Crippen molar-refractivity contribution in [3.8, 4) is 6.07 Å². The Bertz CT molecular complexity index is 705. The number of hydrogen-bond donors (Lipinski definition) is 2. The van der Waals surface area contributed by atoms with Gasteiger partial charge in [0.25, 0.3) is 5.91 Å². The van der Waals surface area contributed by atoms with Crippen LogP contribution in [0.2, 0.25) is 0 Å². The largest absolute Gasteiger partial charge is 0.369 e. The van der Waals surface area contributed by atoms with E-state index in [2.05, 4.69) is 26.7 Å². The van der Waals surface area contributed by atoms with E-state index in [1.165, 1.54) is 6.20 Å². The van der Waals surface area contributed by atoms with Crippen LogP contribution in [0.4, 0.5) is 11.5 Å². The van der Waals surface area contributed by atoms with E-state index < -0.39 is 5.91 Å². The zero-order valence-electron chi connectivity index (χ0n) is 11.8. The van der Waals surface area contributed by atoms with Crippen molar-refractivity contribution < 1.29 is 4.79 Å². The highest BCUT2D eigenvalue weighted by Gasteiger charge is 2.12. The maximum atomic E-state index is 12.2. The third-order valence-electron chi connectivity index (χ3n) is 2.86. The molecule has 1 aromatic carbocycles. The molecule has 1 aromatic heterocycles. The van der Waals surface area contributed by atoms with Gasteiger partial charge in [0, 0.05) is 6.54 Å². The lowest BCUT2D eigenvalue weighted by Gasteiger charge is -2.09. The van der Waals surface area contributed by atoms with Gasteiger partial charge in [-0.1, -0.05) is 12.1 Å². The lowest BCUT2D eigenvalue weighted by atomic mass is 10.1. The smallest absolute Gasteiger partial charge is 0.275 e. The number of hydrogen-bond acceptors (Lipinski definition) is 5. The number of anilines is 2. The van der Waals surface area contributed by atoms with E-state index in [0.29, 0.717) is 23.6 Å². The highest BCUT2D eigenvalue weighted by atomic mass is 16.1. The molecule has 0 unspecified atom stereocenters. The first kappa shape index (κ1) is 14.5. The fourth-order valence-corrected chi connectivity index (χ4v) is 1.85. The van der Waals surface area contributed by atoms with Gasteiger partial charge in [-0.2, -0.15) is 5.26 Å². The lowest BCUT2D eigenvalue weighted by Crippen LogP contribution is -2.16. The molecule has 0 saturated carbocycles. The van der Waals surface area contributed by atoms with E-state index in [9.17, 15) is 4.79 Å². The molecule has 0 bridgehead atoms. The molecule has 0 aliphatic heterocycles. The van der Waals surface area contributed by atoms with E-state index in [-0.39, 0.29) is 5.69 Å². The first-order chi connectivity index (χ1) is 10.2. The molecule has 2 rings (SSSR count). The summed E-state index contributed by atoms with van der Waals surface area (Å²) in [4.78, 5) is 20.3. The summed E-state index contributed by atoms with van der Waals surface area (Å²) >= 11 is 0. The fourth-order valence-electron chi connectivity index (χ4n) is 1.85. The molecule has 2 N–H and O–H groups in total. The number of benzene rings is 1. The van der Waals surface area contributed by atoms with Crippen LogP contribution in [0.3, 0.4) is 0 Å². The molecular formula is C15H15N5O. The predicted molar refractivity (Wildman–Crippen MR) is 80.0 cm³/mol. The molecule has 0 radical (unpaired) electrons. The first-order valence-corrected chi connectivity index (χ1v) is 6.52. The first-order valence-electron chi connectivity index (χ1n) is 6.52. The second-order valence-corrected chi connectivity index (χ2v) is 4.38. The van der Waals surface area contributed by atoms with Gasteiger partial charge in [0.2, 0.25) is 0 Å². The topological polar surface area (TPSA) is 90.7 Å². The Morgan fingerprint density at radius 2 is 2.19 bits per heavy atom. The number of rotatable bonds is 4. The van der Waals surface area contributed by atoms with Crippen molar-refractivity contribution in [1.82, 2.24) is 9.97 Å². The highest BCUT2D eigenvalue weighted by molar-refractivity contribution is 6.03. The molecular weight excluding hydrogens is 266 g/mol. The van der Waals surface area contributed by atoms with Crippen LogP contribution in [-0.4, -0.2) is 22.4 Å². The molecule has 0 aliphatic carbocycles. The Balaban J connectivity index is 2.25. The van der Waals surface area contributed by atoms with Gasteiger partial charge in [-0.25, -0.2) is 4.98 Å². The van der Waals surface area contributed by atoms with Gasteiger partial charge in [0.1, 0.15) is 17.6 Å². The summed E-state index contributed by atoms with van der Waals surface area (Å²) in [7, 11) is 0. The highest BCUT2D eigenvalue weighted by Crippen LogP contribution is 2.19. The van der Waals surface area contributed by atoms with Gasteiger partial charge in [-0.05, 0) is 25.5 Å². The van der Waals surface area contributed by atoms with E-state index in [0.717, 1.165) is 5.56 Å². The molecule has 6 heteroatoms. The van der Waals surface area contributed by atoms with Crippen molar-refractivity contribution in [3.63, 3.8) is 0 Å². The number of amides is 1. The van der Waals surface area contributed by atoms with Gasteiger partial charge >= 0.3 is 0 Å². The molecule has 0 fully saturated rings. The van der Waals surface area contributed by atoms with Crippen molar-refractivity contribution in [1.29, 1.82) is 5.26 Å². The molecule has 1 amide bonds. The molecule has 6 nitrogen and oxygen atoms in total. The third-order valence-corrected chi connectivity index (χ3v) is 2.86. The maximum Gasteiger partial charge on any atom is 0.275 e. The van der Waals surface area contributed by atoms with E-state index in [4.69, 9.17) is 5.26 Å². The van der Waals surface area contributed by atoms with Crippen molar-refractivity contribution in [2.45, 2.75) is 13.8 Å². The van der Waals surface area contributed by atoms with Gasteiger partial charge in [0.15, 0.2) is 0 Å². The summed E-state index contributed by atoms with van der Waals surface area (Å²) in [6.07, 6.45) is 2.94. The fraction of sp³-hybridized carbons (Fsp3) is 0.200. The van der Waals surface area contributed by atoms with Crippen LogP contribution in [0, 0.1) is 18.3 Å². The van der Waals surface area contributed by atoms with Crippen molar-refractivity contribution >= 4 is 17.4 Å². The molecule has 0 aliphatic rings. The van der Waals surface area contributed by atoms with E-state index in [1.807, 2.05) is 19.9 Å². The van der Waals surface area contributed by atoms with Crippen LogP contribution in [0.25, 0.3) is 0 Å². The SMILES string of the molecule is CCNc1cncc(C(=O)Nc2cccc(C)c2C#N)n1. The minimum atomic E-state index is -0.399. The second kappa shape index (κ2) is 6.48. The van der Waals surface area contributed by atoms with Gasteiger partial charge in [0.05, 0.1) is 23.6 Å². The summed E-state index contributed by atoms with van der Waals surface area (Å²) < 4.78 is 0. The van der Waals surface area contributed by atoms with Crippen molar-refractivity contribution in [2.24, 2.45) is 0 Å². The monoisotopic (exact) mass is 281 g/mol. The van der Waals surface area contributed by atoms with Crippen LogP contribution in [0.15, 0.2) is 30.6 Å². The summed E-state index contributed by atoms with van der Waals surface area (Å²) in [6, 6.07) is 7.38. The number of nitrogens with one attached hydrogen (secondary N) is 2. The minimum absolute atomic E-state index is 0.193. The zero-order chi connectivity index (χ0) is 15.2. The standard InChI is InChI=1S/C15H15N5O/c1-3-18-14-9-17-8-13(19-14)15(21)20-12-6-4-5-10(2)11(12)7-16/h4-6,8-9H,3H2,1-2H3,(H,18,19)(H,20,21). The van der Waals surface area contributed by atoms with E-state index >= 15 is 0 Å². The summed E-state index contributed by atoms with van der Waals surface area (Å²) in [5.74, 6) is 0.138. The number of nitriles is 1. The lowest BCUT2D eigenvalue weighted by molar-refractivity contribution is 0.102. The molecule has 1 heterocycles. The van der Waals surface area contributed by atoms with E-state index in [1.54, 1.807) is 18.3 Å². The van der Waals surface area contributed by atoms with Crippen LogP contribution in [0.5, 0.6) is 0 Å². The number of aryl methyl sites for hydroxylation is 1. The summed E-state index contributed by atoms with van der Waals surface area (Å²) in [5, 5.41) is 14.8. The summed E-state index contributed by atoms with van der Waals surface area (Å²) in [6.45, 7) is 4.44. The molecule has 0 atom stereocenters. The quantitative estimate of drug-likeness (QED) is 0.897. The normalized spacial score (nSPS) is 9.76. The molecule has 0 saturated heterocycles. The predicted octanol–water partition coefficient (Wildman–Crippen LogP) is 2.34. The maximum absolute atomic E-state index is 12.2. The summed E-state index contributed by atoms with van der Waals surface area (Å²) in [5.41, 5.74) is 1.92. The molecule has 2 aromatic rings. The Morgan fingerprint density at radius 3 is 2.90 bits per heavy atom.